The summed E-state index contributed by atoms with van der Waals surface area (Å²) in [4.78, 5) is 13.8. The van der Waals surface area contributed by atoms with Crippen LogP contribution in [0.4, 0.5) is 13.2 Å². The van der Waals surface area contributed by atoms with E-state index in [4.69, 9.17) is 0 Å². The van der Waals surface area contributed by atoms with Gasteiger partial charge in [0.05, 0.1) is 5.56 Å². The Morgan fingerprint density at radius 2 is 1.70 bits per heavy atom. The van der Waals surface area contributed by atoms with Crippen LogP contribution in [-0.2, 0) is 11.0 Å². The van der Waals surface area contributed by atoms with Gasteiger partial charge in [0.2, 0.25) is 0 Å². The van der Waals surface area contributed by atoms with E-state index in [1.54, 1.807) is 12.1 Å². The maximum absolute atomic E-state index is 13.1. The van der Waals surface area contributed by atoms with Gasteiger partial charge in [-0.15, -0.1) is 0 Å². The Bertz CT molecular complexity index is 906. The van der Waals surface area contributed by atoms with Crippen molar-refractivity contribution in [3.05, 3.63) is 70.8 Å². The van der Waals surface area contributed by atoms with Gasteiger partial charge in [-0.3, -0.25) is 9.69 Å². The Morgan fingerprint density at radius 1 is 1.06 bits per heavy atom. The number of carbonyl (C=O) groups is 1. The number of carboxylic acid groups (broad SMARTS) is 1. The third kappa shape index (κ3) is 6.83. The van der Waals surface area contributed by atoms with E-state index in [1.807, 2.05) is 0 Å². The molecule has 3 nitrogen and oxygen atoms in total. The standard InChI is InChI=1S/C27H34F3NO2/c1-18(2)4-13-24(21-7-5-19(3)6-8-21)31-15-14-20(17-26(32)33)16-25(31)22-9-11-23(12-10-22)27(28,29)30/h5-12,18,20,24-25H,4,13-17H2,1-3H3,(H,32,33)/t20-,24-,25+/m0/s1. The highest BCUT2D eigenvalue weighted by Gasteiger charge is 2.36. The quantitative estimate of drug-likeness (QED) is 0.445. The Hall–Kier alpha value is -2.34. The fourth-order valence-corrected chi connectivity index (χ4v) is 4.89. The van der Waals surface area contributed by atoms with Crippen LogP contribution >= 0.6 is 0 Å². The van der Waals surface area contributed by atoms with Crippen LogP contribution in [0.3, 0.4) is 0 Å². The summed E-state index contributed by atoms with van der Waals surface area (Å²) >= 11 is 0. The van der Waals surface area contributed by atoms with Gasteiger partial charge in [0, 0.05) is 18.5 Å². The van der Waals surface area contributed by atoms with Gasteiger partial charge in [-0.2, -0.15) is 13.2 Å². The molecule has 0 aromatic heterocycles. The second-order valence-electron chi connectivity index (χ2n) is 9.76. The van der Waals surface area contributed by atoms with E-state index >= 15 is 0 Å². The summed E-state index contributed by atoms with van der Waals surface area (Å²) in [6.07, 6.45) is -0.908. The van der Waals surface area contributed by atoms with E-state index in [1.165, 1.54) is 11.1 Å². The number of hydrogen-bond acceptors (Lipinski definition) is 2. The van der Waals surface area contributed by atoms with Crippen LogP contribution in [-0.4, -0.2) is 22.5 Å². The lowest BCUT2D eigenvalue weighted by Crippen LogP contribution is -2.40. The first-order valence-corrected chi connectivity index (χ1v) is 11.8. The monoisotopic (exact) mass is 461 g/mol. The SMILES string of the molecule is Cc1ccc([C@H](CCC(C)C)N2CC[C@H](CC(=O)O)C[C@@H]2c2ccc(C(F)(F)F)cc2)cc1. The zero-order valence-corrected chi connectivity index (χ0v) is 19.6. The molecule has 1 aliphatic rings. The molecule has 3 atom stereocenters. The van der Waals surface area contributed by atoms with Crippen molar-refractivity contribution in [1.82, 2.24) is 4.90 Å². The molecule has 0 saturated carbocycles. The van der Waals surface area contributed by atoms with Crippen molar-refractivity contribution in [3.63, 3.8) is 0 Å². The van der Waals surface area contributed by atoms with Crippen molar-refractivity contribution in [2.45, 2.75) is 71.1 Å². The highest BCUT2D eigenvalue weighted by atomic mass is 19.4. The number of alkyl halides is 3. The molecular weight excluding hydrogens is 427 g/mol. The predicted molar refractivity (Wildman–Crippen MR) is 124 cm³/mol. The molecule has 33 heavy (non-hydrogen) atoms. The van der Waals surface area contributed by atoms with Crippen LogP contribution in [0.15, 0.2) is 48.5 Å². The van der Waals surface area contributed by atoms with Gasteiger partial charge in [-0.25, -0.2) is 0 Å². The van der Waals surface area contributed by atoms with Crippen molar-refractivity contribution in [2.24, 2.45) is 11.8 Å². The molecular formula is C27H34F3NO2. The van der Waals surface area contributed by atoms with Gasteiger partial charge in [-0.1, -0.05) is 55.8 Å². The molecule has 0 unspecified atom stereocenters. The largest absolute Gasteiger partial charge is 0.481 e. The third-order valence-electron chi connectivity index (χ3n) is 6.72. The molecule has 0 bridgehead atoms. The molecule has 2 aromatic carbocycles. The molecule has 1 heterocycles. The fraction of sp³-hybridized carbons (Fsp3) is 0.519. The van der Waals surface area contributed by atoms with Gasteiger partial charge >= 0.3 is 12.1 Å². The zero-order valence-electron chi connectivity index (χ0n) is 19.6. The smallest absolute Gasteiger partial charge is 0.416 e. The minimum Gasteiger partial charge on any atom is -0.481 e. The summed E-state index contributed by atoms with van der Waals surface area (Å²) < 4.78 is 39.4. The Morgan fingerprint density at radius 3 is 2.24 bits per heavy atom. The van der Waals surface area contributed by atoms with Gasteiger partial charge in [0.1, 0.15) is 0 Å². The first-order valence-electron chi connectivity index (χ1n) is 11.8. The van der Waals surface area contributed by atoms with Crippen molar-refractivity contribution in [2.75, 3.05) is 6.54 Å². The summed E-state index contributed by atoms with van der Waals surface area (Å²) in [5, 5.41) is 9.33. The second kappa shape index (κ2) is 10.7. The first kappa shape index (κ1) is 25.3. The Balaban J connectivity index is 1.96. The lowest BCUT2D eigenvalue weighted by Gasteiger charge is -2.44. The maximum atomic E-state index is 13.1. The zero-order chi connectivity index (χ0) is 24.2. The molecule has 6 heteroatoms. The van der Waals surface area contributed by atoms with Gasteiger partial charge < -0.3 is 5.11 Å². The molecule has 0 spiro atoms. The van der Waals surface area contributed by atoms with Gasteiger partial charge in [-0.05, 0) is 74.2 Å². The number of carboxylic acids is 1. The van der Waals surface area contributed by atoms with Crippen molar-refractivity contribution >= 4 is 5.97 Å². The maximum Gasteiger partial charge on any atom is 0.416 e. The average Bonchev–Trinajstić information content (AvgIpc) is 2.74. The number of halogens is 3. The fourth-order valence-electron chi connectivity index (χ4n) is 4.89. The number of aryl methyl sites for hydroxylation is 1. The van der Waals surface area contributed by atoms with Crippen LogP contribution < -0.4 is 0 Å². The number of benzene rings is 2. The molecule has 0 radical (unpaired) electrons. The summed E-state index contributed by atoms with van der Waals surface area (Å²) in [5.41, 5.74) is 2.54. The normalized spacial score (nSPS) is 20.7. The molecule has 180 valence electrons. The van der Waals surface area contributed by atoms with E-state index in [0.717, 1.165) is 43.5 Å². The summed E-state index contributed by atoms with van der Waals surface area (Å²) in [6, 6.07) is 13.9. The van der Waals surface area contributed by atoms with Crippen LogP contribution in [0, 0.1) is 18.8 Å². The number of rotatable bonds is 8. The first-order chi connectivity index (χ1) is 15.5. The van der Waals surface area contributed by atoms with E-state index in [9.17, 15) is 23.1 Å². The number of aliphatic carboxylic acids is 1. The van der Waals surface area contributed by atoms with E-state index in [0.29, 0.717) is 12.3 Å². The topological polar surface area (TPSA) is 40.5 Å². The van der Waals surface area contributed by atoms with E-state index < -0.39 is 17.7 Å². The molecule has 0 amide bonds. The molecule has 0 aliphatic carbocycles. The van der Waals surface area contributed by atoms with Crippen molar-refractivity contribution in [3.8, 4) is 0 Å². The molecule has 2 aromatic rings. The van der Waals surface area contributed by atoms with Gasteiger partial charge in [0.25, 0.3) is 0 Å². The van der Waals surface area contributed by atoms with Gasteiger partial charge in [0.15, 0.2) is 0 Å². The summed E-state index contributed by atoms with van der Waals surface area (Å²) in [7, 11) is 0. The molecule has 1 saturated heterocycles. The van der Waals surface area contributed by atoms with E-state index in [-0.39, 0.29) is 24.4 Å². The van der Waals surface area contributed by atoms with Crippen LogP contribution in [0.2, 0.25) is 0 Å². The summed E-state index contributed by atoms with van der Waals surface area (Å²) in [5.74, 6) is -0.281. The third-order valence-corrected chi connectivity index (χ3v) is 6.72. The highest BCUT2D eigenvalue weighted by molar-refractivity contribution is 5.67. The van der Waals surface area contributed by atoms with Crippen LogP contribution in [0.5, 0.6) is 0 Å². The number of likely N-dealkylation sites (tertiary alicyclic amines) is 1. The van der Waals surface area contributed by atoms with Crippen LogP contribution in [0.25, 0.3) is 0 Å². The highest BCUT2D eigenvalue weighted by Crippen LogP contribution is 2.43. The van der Waals surface area contributed by atoms with Crippen LogP contribution in [0.1, 0.15) is 80.3 Å². The Labute approximate surface area is 194 Å². The minimum atomic E-state index is -4.38. The predicted octanol–water partition coefficient (Wildman–Crippen LogP) is 7.42. The average molecular weight is 462 g/mol. The number of nitrogens with zero attached hydrogens (tertiary/aromatic N) is 1. The second-order valence-corrected chi connectivity index (χ2v) is 9.76. The van der Waals surface area contributed by atoms with Crippen molar-refractivity contribution in [1.29, 1.82) is 0 Å². The van der Waals surface area contributed by atoms with Crippen molar-refractivity contribution < 1.29 is 23.1 Å². The summed E-state index contributed by atoms with van der Waals surface area (Å²) in [6.45, 7) is 7.16. The Kier molecular flexibility index (Phi) is 8.22. The minimum absolute atomic E-state index is 0.00908. The lowest BCUT2D eigenvalue weighted by atomic mass is 9.82. The number of hydrogen-bond donors (Lipinski definition) is 1. The molecule has 1 fully saturated rings. The van der Waals surface area contributed by atoms with E-state index in [2.05, 4.69) is 49.9 Å². The molecule has 1 N–H and O–H groups in total. The number of piperidine rings is 1. The lowest BCUT2D eigenvalue weighted by molar-refractivity contribution is -0.139. The molecule has 3 rings (SSSR count). The molecule has 1 aliphatic heterocycles.